The van der Waals surface area contributed by atoms with Crippen LogP contribution in [0.25, 0.3) is 0 Å². The molecule has 5 nitrogen and oxygen atoms in total. The van der Waals surface area contributed by atoms with Gasteiger partial charge in [-0.3, -0.25) is 0 Å². The molecule has 2 amide bonds. The summed E-state index contributed by atoms with van der Waals surface area (Å²) in [6.45, 7) is 5.83. The van der Waals surface area contributed by atoms with Crippen molar-refractivity contribution in [3.63, 3.8) is 0 Å². The lowest BCUT2D eigenvalue weighted by Crippen LogP contribution is -2.40. The molecule has 0 aliphatic heterocycles. The number of thiazole rings is 1. The largest absolute Gasteiger partial charge is 0.392 e. The molecule has 0 saturated carbocycles. The molecule has 1 aromatic rings. The van der Waals surface area contributed by atoms with Crippen LogP contribution >= 0.6 is 11.3 Å². The number of carbonyl (C=O) groups excluding carboxylic acids is 1. The molecule has 3 N–H and O–H groups in total. The molecular weight excluding hydrogens is 238 g/mol. The Morgan fingerprint density at radius 3 is 2.82 bits per heavy atom. The van der Waals surface area contributed by atoms with Gasteiger partial charge in [-0.25, -0.2) is 9.78 Å². The average molecular weight is 257 g/mol. The van der Waals surface area contributed by atoms with Crippen LogP contribution in [0.3, 0.4) is 0 Å². The summed E-state index contributed by atoms with van der Waals surface area (Å²) < 4.78 is 0. The van der Waals surface area contributed by atoms with E-state index >= 15 is 0 Å². The van der Waals surface area contributed by atoms with E-state index in [1.54, 1.807) is 18.3 Å². The number of rotatable bonds is 5. The summed E-state index contributed by atoms with van der Waals surface area (Å²) in [5.41, 5.74) is 0. The van der Waals surface area contributed by atoms with Gasteiger partial charge in [-0.1, -0.05) is 6.92 Å². The number of urea groups is 1. The highest BCUT2D eigenvalue weighted by Crippen LogP contribution is 2.19. The van der Waals surface area contributed by atoms with Crippen molar-refractivity contribution in [3.05, 3.63) is 16.1 Å². The summed E-state index contributed by atoms with van der Waals surface area (Å²) >= 11 is 1.60. The van der Waals surface area contributed by atoms with E-state index in [4.69, 9.17) is 5.11 Å². The summed E-state index contributed by atoms with van der Waals surface area (Å²) in [6, 6.07) is -0.402. The smallest absolute Gasteiger partial charge is 0.315 e. The maximum Gasteiger partial charge on any atom is 0.315 e. The molecule has 96 valence electrons. The molecule has 17 heavy (non-hydrogen) atoms. The monoisotopic (exact) mass is 257 g/mol. The van der Waals surface area contributed by atoms with Crippen molar-refractivity contribution < 1.29 is 9.90 Å². The quantitative estimate of drug-likeness (QED) is 0.747. The van der Waals surface area contributed by atoms with Gasteiger partial charge in [0.2, 0.25) is 0 Å². The van der Waals surface area contributed by atoms with Crippen molar-refractivity contribution in [2.45, 2.75) is 39.3 Å². The van der Waals surface area contributed by atoms with Crippen molar-refractivity contribution in [3.8, 4) is 0 Å². The summed E-state index contributed by atoms with van der Waals surface area (Å²) in [5.74, 6) is 0. The molecule has 1 rings (SSSR count). The van der Waals surface area contributed by atoms with Crippen LogP contribution in [0.2, 0.25) is 0 Å². The van der Waals surface area contributed by atoms with Gasteiger partial charge in [-0.2, -0.15) is 0 Å². The number of aliphatic hydroxyl groups excluding tert-OH is 1. The molecule has 1 unspecified atom stereocenters. The molecular formula is C11H19N3O2S. The zero-order valence-electron chi connectivity index (χ0n) is 10.4. The first-order valence-electron chi connectivity index (χ1n) is 5.70. The Kier molecular flexibility index (Phi) is 5.37. The Labute approximate surface area is 105 Å². The van der Waals surface area contributed by atoms with Crippen molar-refractivity contribution in [1.82, 2.24) is 15.6 Å². The van der Waals surface area contributed by atoms with E-state index in [-0.39, 0.29) is 18.6 Å². The molecule has 6 heteroatoms. The second-order valence-corrected chi connectivity index (χ2v) is 5.09. The van der Waals surface area contributed by atoms with E-state index < -0.39 is 6.10 Å². The minimum atomic E-state index is -0.539. The molecule has 0 fully saturated rings. The number of nitrogens with one attached hydrogen (secondary N) is 2. The van der Waals surface area contributed by atoms with E-state index in [9.17, 15) is 4.79 Å². The lowest BCUT2D eigenvalue weighted by Gasteiger charge is -2.13. The highest BCUT2D eigenvalue weighted by molar-refractivity contribution is 7.11. The molecule has 0 aliphatic rings. The number of nitrogens with zero attached hydrogens (tertiary/aromatic N) is 1. The molecule has 0 saturated heterocycles. The summed E-state index contributed by atoms with van der Waals surface area (Å²) in [4.78, 5) is 16.9. The number of aliphatic hydroxyl groups is 1. The van der Waals surface area contributed by atoms with Crippen molar-refractivity contribution in [1.29, 1.82) is 0 Å². The highest BCUT2D eigenvalue weighted by Gasteiger charge is 2.12. The minimum Gasteiger partial charge on any atom is -0.392 e. The third kappa shape index (κ3) is 4.70. The lowest BCUT2D eigenvalue weighted by atomic mass is 10.3. The van der Waals surface area contributed by atoms with Crippen LogP contribution in [0.1, 0.15) is 36.7 Å². The number of aryl methyl sites for hydroxylation is 1. The maximum absolute atomic E-state index is 11.5. The molecule has 0 radical (unpaired) electrons. The highest BCUT2D eigenvalue weighted by atomic mass is 32.1. The van der Waals surface area contributed by atoms with Crippen LogP contribution in [0.5, 0.6) is 0 Å². The SMILES string of the molecule is CCc1cnc(C(C)NC(=O)NC[C@H](C)O)s1. The van der Waals surface area contributed by atoms with Crippen LogP contribution in [0.4, 0.5) is 4.79 Å². The van der Waals surface area contributed by atoms with Gasteiger partial charge < -0.3 is 15.7 Å². The fourth-order valence-electron chi connectivity index (χ4n) is 1.24. The normalized spacial score (nSPS) is 14.1. The van der Waals surface area contributed by atoms with Gasteiger partial charge in [0, 0.05) is 17.6 Å². The topological polar surface area (TPSA) is 74.2 Å². The van der Waals surface area contributed by atoms with Crippen LogP contribution in [-0.2, 0) is 6.42 Å². The summed E-state index contributed by atoms with van der Waals surface area (Å²) in [5, 5.41) is 15.3. The molecule has 0 aliphatic carbocycles. The van der Waals surface area contributed by atoms with Crippen LogP contribution in [-0.4, -0.2) is 28.8 Å². The third-order valence-electron chi connectivity index (χ3n) is 2.20. The number of aromatic nitrogens is 1. The number of hydrogen-bond acceptors (Lipinski definition) is 4. The second-order valence-electron chi connectivity index (χ2n) is 3.94. The van der Waals surface area contributed by atoms with Crippen molar-refractivity contribution >= 4 is 17.4 Å². The predicted octanol–water partition coefficient (Wildman–Crippen LogP) is 1.45. The fraction of sp³-hybridized carbons (Fsp3) is 0.636. The Balaban J connectivity index is 2.42. The number of hydrogen-bond donors (Lipinski definition) is 3. The van der Waals surface area contributed by atoms with Gasteiger partial charge in [0.25, 0.3) is 0 Å². The van der Waals surface area contributed by atoms with Gasteiger partial charge in [0.15, 0.2) is 0 Å². The standard InChI is InChI=1S/C11H19N3O2S/c1-4-9-6-12-10(17-9)8(3)14-11(16)13-5-7(2)15/h6-8,15H,4-5H2,1-3H3,(H2,13,14,16)/t7-,8?/m0/s1. The van der Waals surface area contributed by atoms with E-state index in [0.29, 0.717) is 0 Å². The Morgan fingerprint density at radius 2 is 2.29 bits per heavy atom. The third-order valence-corrected chi connectivity index (χ3v) is 3.52. The van der Waals surface area contributed by atoms with Crippen LogP contribution in [0.15, 0.2) is 6.20 Å². The zero-order valence-corrected chi connectivity index (χ0v) is 11.2. The van der Waals surface area contributed by atoms with E-state index in [1.807, 2.05) is 13.1 Å². The van der Waals surface area contributed by atoms with Crippen LogP contribution in [0, 0.1) is 0 Å². The molecule has 0 bridgehead atoms. The van der Waals surface area contributed by atoms with E-state index in [2.05, 4.69) is 22.5 Å². The first-order chi connectivity index (χ1) is 8.02. The van der Waals surface area contributed by atoms with Crippen molar-refractivity contribution in [2.75, 3.05) is 6.54 Å². The number of amides is 2. The number of carbonyl (C=O) groups is 1. The first-order valence-corrected chi connectivity index (χ1v) is 6.51. The molecule has 1 aromatic heterocycles. The predicted molar refractivity (Wildman–Crippen MR) is 68.1 cm³/mol. The van der Waals surface area contributed by atoms with Crippen LogP contribution < -0.4 is 10.6 Å². The second kappa shape index (κ2) is 6.56. The zero-order chi connectivity index (χ0) is 12.8. The van der Waals surface area contributed by atoms with Gasteiger partial charge in [-0.15, -0.1) is 11.3 Å². The molecule has 0 spiro atoms. The van der Waals surface area contributed by atoms with E-state index in [0.717, 1.165) is 11.4 Å². The molecule has 0 aromatic carbocycles. The van der Waals surface area contributed by atoms with Gasteiger partial charge in [0.1, 0.15) is 5.01 Å². The van der Waals surface area contributed by atoms with E-state index in [1.165, 1.54) is 4.88 Å². The molecule has 2 atom stereocenters. The minimum absolute atomic E-state index is 0.116. The van der Waals surface area contributed by atoms with Crippen molar-refractivity contribution in [2.24, 2.45) is 0 Å². The summed E-state index contributed by atoms with van der Waals surface area (Å²) in [7, 11) is 0. The first kappa shape index (κ1) is 13.9. The van der Waals surface area contributed by atoms with Gasteiger partial charge in [0.05, 0.1) is 12.1 Å². The fourth-order valence-corrected chi connectivity index (χ4v) is 2.10. The summed E-state index contributed by atoms with van der Waals surface area (Å²) in [6.07, 6.45) is 2.26. The molecule has 1 heterocycles. The lowest BCUT2D eigenvalue weighted by molar-refractivity contribution is 0.187. The van der Waals surface area contributed by atoms with Gasteiger partial charge >= 0.3 is 6.03 Å². The Bertz CT molecular complexity index is 365. The maximum atomic E-state index is 11.5. The average Bonchev–Trinajstić information content (AvgIpc) is 2.74. The Hall–Kier alpha value is -1.14. The Morgan fingerprint density at radius 1 is 1.59 bits per heavy atom. The van der Waals surface area contributed by atoms with Gasteiger partial charge in [-0.05, 0) is 20.3 Å².